The molecule has 0 spiro atoms. The molecule has 14 heavy (non-hydrogen) atoms. The molecule has 0 radical (unpaired) electrons. The number of aliphatic carboxylic acids is 1. The third-order valence-electron chi connectivity index (χ3n) is 2.69. The van der Waals surface area contributed by atoms with Gasteiger partial charge in [0.15, 0.2) is 6.10 Å². The van der Waals surface area contributed by atoms with E-state index in [9.17, 15) is 13.6 Å². The van der Waals surface area contributed by atoms with Gasteiger partial charge in [0.1, 0.15) is 0 Å². The fourth-order valence-electron chi connectivity index (χ4n) is 1.86. The van der Waals surface area contributed by atoms with Crippen molar-refractivity contribution in [2.24, 2.45) is 5.92 Å². The maximum atomic E-state index is 12.8. The molecule has 1 unspecified atom stereocenters. The molecule has 0 saturated heterocycles. The highest BCUT2D eigenvalue weighted by atomic mass is 19.3. The van der Waals surface area contributed by atoms with Gasteiger partial charge in [0, 0.05) is 20.0 Å². The lowest BCUT2D eigenvalue weighted by Crippen LogP contribution is -2.36. The van der Waals surface area contributed by atoms with Crippen molar-refractivity contribution in [2.75, 3.05) is 7.11 Å². The maximum Gasteiger partial charge on any atom is 0.333 e. The van der Waals surface area contributed by atoms with E-state index in [1.54, 1.807) is 0 Å². The van der Waals surface area contributed by atoms with Crippen LogP contribution in [0, 0.1) is 5.92 Å². The zero-order valence-corrected chi connectivity index (χ0v) is 8.00. The van der Waals surface area contributed by atoms with Crippen LogP contribution in [0.1, 0.15) is 25.7 Å². The summed E-state index contributed by atoms with van der Waals surface area (Å²) in [5, 5.41) is 8.74. The summed E-state index contributed by atoms with van der Waals surface area (Å²) in [5.41, 5.74) is 0. The Balaban J connectivity index is 2.51. The van der Waals surface area contributed by atoms with Gasteiger partial charge in [-0.15, -0.1) is 0 Å². The normalized spacial score (nSPS) is 24.5. The molecule has 5 heteroatoms. The quantitative estimate of drug-likeness (QED) is 0.770. The van der Waals surface area contributed by atoms with Crippen LogP contribution in [-0.4, -0.2) is 30.2 Å². The third-order valence-corrected chi connectivity index (χ3v) is 2.69. The standard InChI is InChI=1S/C9H14F2O3/c1-14-7(8(12)13)6-2-4-9(10,11)5-3-6/h6-7H,2-5H2,1H3,(H,12,13). The second-order valence-corrected chi connectivity index (χ2v) is 3.69. The first kappa shape index (κ1) is 11.4. The van der Waals surface area contributed by atoms with Crippen molar-refractivity contribution in [1.82, 2.24) is 0 Å². The monoisotopic (exact) mass is 208 g/mol. The van der Waals surface area contributed by atoms with E-state index in [2.05, 4.69) is 0 Å². The summed E-state index contributed by atoms with van der Waals surface area (Å²) >= 11 is 0. The molecule has 1 N–H and O–H groups in total. The Labute approximate surface area is 81.1 Å². The van der Waals surface area contributed by atoms with Gasteiger partial charge >= 0.3 is 5.97 Å². The highest BCUT2D eigenvalue weighted by Crippen LogP contribution is 2.37. The number of ether oxygens (including phenoxy) is 1. The molecule has 1 saturated carbocycles. The summed E-state index contributed by atoms with van der Waals surface area (Å²) in [5.74, 6) is -3.97. The van der Waals surface area contributed by atoms with Gasteiger partial charge in [-0.1, -0.05) is 0 Å². The molecule has 1 fully saturated rings. The Hall–Kier alpha value is -0.710. The van der Waals surface area contributed by atoms with Crippen molar-refractivity contribution in [3.05, 3.63) is 0 Å². The topological polar surface area (TPSA) is 46.5 Å². The summed E-state index contributed by atoms with van der Waals surface area (Å²) in [7, 11) is 1.30. The van der Waals surface area contributed by atoms with E-state index in [0.717, 1.165) is 0 Å². The fraction of sp³-hybridized carbons (Fsp3) is 0.889. The van der Waals surface area contributed by atoms with E-state index in [4.69, 9.17) is 9.84 Å². The molecule has 0 aliphatic heterocycles. The molecule has 1 rings (SSSR count). The Morgan fingerprint density at radius 3 is 2.36 bits per heavy atom. The molecule has 0 amide bonds. The SMILES string of the molecule is COC(C(=O)O)C1CCC(F)(F)CC1. The average molecular weight is 208 g/mol. The Morgan fingerprint density at radius 1 is 1.50 bits per heavy atom. The predicted octanol–water partition coefficient (Wildman–Crippen LogP) is 1.91. The molecule has 82 valence electrons. The average Bonchev–Trinajstić information content (AvgIpc) is 2.08. The fourth-order valence-corrected chi connectivity index (χ4v) is 1.86. The number of carboxylic acid groups (broad SMARTS) is 1. The first-order valence-electron chi connectivity index (χ1n) is 4.60. The minimum absolute atomic E-state index is 0.220. The zero-order chi connectivity index (χ0) is 10.8. The van der Waals surface area contributed by atoms with Gasteiger partial charge in [0.25, 0.3) is 0 Å². The van der Waals surface area contributed by atoms with Crippen LogP contribution in [0.25, 0.3) is 0 Å². The zero-order valence-electron chi connectivity index (χ0n) is 8.00. The number of methoxy groups -OCH3 is 1. The molecule has 0 aromatic carbocycles. The molecule has 0 aromatic rings. The van der Waals surface area contributed by atoms with Crippen LogP contribution in [0.2, 0.25) is 0 Å². The van der Waals surface area contributed by atoms with Crippen LogP contribution in [0.3, 0.4) is 0 Å². The van der Waals surface area contributed by atoms with Gasteiger partial charge < -0.3 is 9.84 Å². The van der Waals surface area contributed by atoms with Crippen molar-refractivity contribution in [2.45, 2.75) is 37.7 Å². The maximum absolute atomic E-state index is 12.8. The Kier molecular flexibility index (Phi) is 3.42. The summed E-state index contributed by atoms with van der Waals surface area (Å²) in [4.78, 5) is 10.7. The number of hydrogen-bond donors (Lipinski definition) is 1. The van der Waals surface area contributed by atoms with Crippen LogP contribution in [0.5, 0.6) is 0 Å². The van der Waals surface area contributed by atoms with Crippen molar-refractivity contribution in [3.63, 3.8) is 0 Å². The van der Waals surface area contributed by atoms with Crippen LogP contribution in [0.4, 0.5) is 8.78 Å². The van der Waals surface area contributed by atoms with E-state index < -0.39 is 18.0 Å². The summed E-state index contributed by atoms with van der Waals surface area (Å²) in [6, 6.07) is 0. The smallest absolute Gasteiger partial charge is 0.333 e. The van der Waals surface area contributed by atoms with Gasteiger partial charge in [-0.2, -0.15) is 0 Å². The number of alkyl halides is 2. The largest absolute Gasteiger partial charge is 0.479 e. The van der Waals surface area contributed by atoms with Crippen LogP contribution in [-0.2, 0) is 9.53 Å². The summed E-state index contributed by atoms with van der Waals surface area (Å²) < 4.78 is 30.3. The van der Waals surface area contributed by atoms with Gasteiger partial charge in [0.2, 0.25) is 5.92 Å². The number of carbonyl (C=O) groups is 1. The van der Waals surface area contributed by atoms with E-state index in [1.165, 1.54) is 7.11 Å². The lowest BCUT2D eigenvalue weighted by atomic mass is 9.83. The number of carboxylic acids is 1. The summed E-state index contributed by atoms with van der Waals surface area (Å²) in [6.07, 6.45) is -0.961. The minimum Gasteiger partial charge on any atom is -0.479 e. The molecule has 0 heterocycles. The van der Waals surface area contributed by atoms with Gasteiger partial charge in [-0.25, -0.2) is 13.6 Å². The Morgan fingerprint density at radius 2 is 2.00 bits per heavy atom. The first-order chi connectivity index (χ1) is 6.46. The molecule has 1 atom stereocenters. The van der Waals surface area contributed by atoms with Crippen molar-refractivity contribution in [3.8, 4) is 0 Å². The molecule has 3 nitrogen and oxygen atoms in total. The molecule has 0 aromatic heterocycles. The van der Waals surface area contributed by atoms with E-state index >= 15 is 0 Å². The molecular weight excluding hydrogens is 194 g/mol. The van der Waals surface area contributed by atoms with Crippen molar-refractivity contribution in [1.29, 1.82) is 0 Å². The molecular formula is C9H14F2O3. The number of halogens is 2. The van der Waals surface area contributed by atoms with E-state index in [0.29, 0.717) is 0 Å². The van der Waals surface area contributed by atoms with Gasteiger partial charge in [0.05, 0.1) is 0 Å². The van der Waals surface area contributed by atoms with Crippen molar-refractivity contribution < 1.29 is 23.4 Å². The third kappa shape index (κ3) is 2.64. The van der Waals surface area contributed by atoms with Crippen LogP contribution in [0.15, 0.2) is 0 Å². The lowest BCUT2D eigenvalue weighted by Gasteiger charge is -2.30. The summed E-state index contributed by atoms with van der Waals surface area (Å²) in [6.45, 7) is 0. The Bertz CT molecular complexity index is 208. The van der Waals surface area contributed by atoms with Crippen molar-refractivity contribution >= 4 is 5.97 Å². The highest BCUT2D eigenvalue weighted by molar-refractivity contribution is 5.72. The highest BCUT2D eigenvalue weighted by Gasteiger charge is 2.39. The minimum atomic E-state index is -2.62. The number of rotatable bonds is 3. The predicted molar refractivity (Wildman–Crippen MR) is 45.3 cm³/mol. The van der Waals surface area contributed by atoms with Crippen LogP contribution < -0.4 is 0 Å². The second-order valence-electron chi connectivity index (χ2n) is 3.69. The molecule has 1 aliphatic carbocycles. The first-order valence-corrected chi connectivity index (χ1v) is 4.60. The van der Waals surface area contributed by atoms with E-state index in [1.807, 2.05) is 0 Å². The molecule has 1 aliphatic rings. The lowest BCUT2D eigenvalue weighted by molar-refractivity contribution is -0.155. The van der Waals surface area contributed by atoms with E-state index in [-0.39, 0.29) is 31.6 Å². The van der Waals surface area contributed by atoms with Gasteiger partial charge in [-0.3, -0.25) is 0 Å². The second kappa shape index (κ2) is 4.21. The number of hydrogen-bond acceptors (Lipinski definition) is 2. The van der Waals surface area contributed by atoms with Gasteiger partial charge in [-0.05, 0) is 18.8 Å². The molecule has 0 bridgehead atoms. The van der Waals surface area contributed by atoms with Crippen LogP contribution >= 0.6 is 0 Å².